The molecule has 5 nitrogen and oxygen atoms in total. The second kappa shape index (κ2) is 7.04. The quantitative estimate of drug-likeness (QED) is 0.755. The topological polar surface area (TPSA) is 60.5 Å². The molecule has 2 atom stereocenters. The second-order valence-electron chi connectivity index (χ2n) is 7.05. The molecule has 6 heteroatoms. The smallest absolute Gasteiger partial charge is 0.310 e. The van der Waals surface area contributed by atoms with Crippen molar-refractivity contribution in [1.29, 1.82) is 0 Å². The number of hydrogen-bond donors (Lipinski definition) is 1. The van der Waals surface area contributed by atoms with E-state index in [1.165, 1.54) is 11.3 Å². The molecule has 0 amide bonds. The van der Waals surface area contributed by atoms with Crippen LogP contribution in [0.1, 0.15) is 39.3 Å². The van der Waals surface area contributed by atoms with Crippen molar-refractivity contribution in [3.63, 3.8) is 0 Å². The van der Waals surface area contributed by atoms with Gasteiger partial charge in [-0.3, -0.25) is 4.79 Å². The zero-order chi connectivity index (χ0) is 18.0. The number of nitrogens with zero attached hydrogens (tertiary/aromatic N) is 1. The third-order valence-corrected chi connectivity index (χ3v) is 5.20. The first-order valence-electron chi connectivity index (χ1n) is 8.50. The number of benzene rings is 1. The minimum absolute atomic E-state index is 0.0441. The Kier molecular flexibility index (Phi) is 4.99. The minimum atomic E-state index is -0.645. The van der Waals surface area contributed by atoms with Crippen molar-refractivity contribution < 1.29 is 14.3 Å². The Morgan fingerprint density at radius 3 is 2.92 bits per heavy atom. The van der Waals surface area contributed by atoms with Gasteiger partial charge in [-0.05, 0) is 31.4 Å². The van der Waals surface area contributed by atoms with Crippen LogP contribution in [0.25, 0.3) is 0 Å². The first-order valence-corrected chi connectivity index (χ1v) is 9.38. The summed E-state index contributed by atoms with van der Waals surface area (Å²) in [6.07, 6.45) is 1.53. The SMILES string of the molecule is COc1ccccc1Nc1nc([C@@]2(C)C[C@@H](CC(C)C)C(=O)O2)cs1. The average molecular weight is 360 g/mol. The predicted molar refractivity (Wildman–Crippen MR) is 99.4 cm³/mol. The summed E-state index contributed by atoms with van der Waals surface area (Å²) in [6.45, 7) is 6.20. The molecule has 1 N–H and O–H groups in total. The highest BCUT2D eigenvalue weighted by Crippen LogP contribution is 2.42. The zero-order valence-corrected chi connectivity index (χ0v) is 15.9. The van der Waals surface area contributed by atoms with Gasteiger partial charge in [0, 0.05) is 11.8 Å². The first kappa shape index (κ1) is 17.7. The Balaban J connectivity index is 1.76. The van der Waals surface area contributed by atoms with Crippen LogP contribution in [0.5, 0.6) is 5.75 Å². The van der Waals surface area contributed by atoms with Crippen molar-refractivity contribution >= 4 is 28.1 Å². The van der Waals surface area contributed by atoms with E-state index in [0.29, 0.717) is 12.3 Å². The molecule has 0 unspecified atom stereocenters. The molecule has 25 heavy (non-hydrogen) atoms. The Hall–Kier alpha value is -2.08. The molecular weight excluding hydrogens is 336 g/mol. The number of aromatic nitrogens is 1. The molecule has 1 aliphatic heterocycles. The van der Waals surface area contributed by atoms with E-state index in [-0.39, 0.29) is 11.9 Å². The Morgan fingerprint density at radius 1 is 1.44 bits per heavy atom. The summed E-state index contributed by atoms with van der Waals surface area (Å²) in [6, 6.07) is 7.70. The van der Waals surface area contributed by atoms with E-state index in [1.807, 2.05) is 36.6 Å². The fourth-order valence-electron chi connectivity index (χ4n) is 3.24. The number of carbonyl (C=O) groups is 1. The van der Waals surface area contributed by atoms with Gasteiger partial charge in [0.25, 0.3) is 0 Å². The van der Waals surface area contributed by atoms with Crippen molar-refractivity contribution in [2.24, 2.45) is 11.8 Å². The van der Waals surface area contributed by atoms with Crippen LogP contribution in [0, 0.1) is 11.8 Å². The third kappa shape index (κ3) is 3.79. The van der Waals surface area contributed by atoms with Crippen LogP contribution in [0.15, 0.2) is 29.6 Å². The van der Waals surface area contributed by atoms with Crippen molar-refractivity contribution in [1.82, 2.24) is 4.98 Å². The van der Waals surface area contributed by atoms with Gasteiger partial charge < -0.3 is 14.8 Å². The number of hydrogen-bond acceptors (Lipinski definition) is 6. The van der Waals surface area contributed by atoms with E-state index >= 15 is 0 Å². The summed E-state index contributed by atoms with van der Waals surface area (Å²) in [5.74, 6) is 1.08. The molecule has 2 aromatic rings. The third-order valence-electron chi connectivity index (χ3n) is 4.45. The summed E-state index contributed by atoms with van der Waals surface area (Å²) >= 11 is 1.50. The molecule has 2 heterocycles. The lowest BCUT2D eigenvalue weighted by molar-refractivity contribution is -0.150. The van der Waals surface area contributed by atoms with Gasteiger partial charge in [0.05, 0.1) is 24.4 Å². The van der Waals surface area contributed by atoms with Crippen LogP contribution in [-0.2, 0) is 15.1 Å². The van der Waals surface area contributed by atoms with Crippen LogP contribution in [-0.4, -0.2) is 18.1 Å². The van der Waals surface area contributed by atoms with E-state index < -0.39 is 5.60 Å². The first-order chi connectivity index (χ1) is 11.9. The van der Waals surface area contributed by atoms with Gasteiger partial charge in [0.15, 0.2) is 10.7 Å². The van der Waals surface area contributed by atoms with Gasteiger partial charge in [0.1, 0.15) is 5.75 Å². The number of anilines is 2. The van der Waals surface area contributed by atoms with Gasteiger partial charge >= 0.3 is 5.97 Å². The number of ether oxygens (including phenoxy) is 2. The van der Waals surface area contributed by atoms with Crippen LogP contribution in [0.3, 0.4) is 0 Å². The second-order valence-corrected chi connectivity index (χ2v) is 7.90. The van der Waals surface area contributed by atoms with Crippen LogP contribution >= 0.6 is 11.3 Å². The van der Waals surface area contributed by atoms with Crippen molar-refractivity contribution in [3.8, 4) is 5.75 Å². The molecular formula is C19H24N2O3S. The number of thiazole rings is 1. The normalized spacial score (nSPS) is 22.9. The molecule has 1 aliphatic rings. The lowest BCUT2D eigenvalue weighted by Crippen LogP contribution is -2.21. The standard InChI is InChI=1S/C19H24N2O3S/c1-12(2)9-13-10-19(3,24-17(13)22)16-11-25-18(21-16)20-14-7-5-6-8-15(14)23-4/h5-8,11-13H,9-10H2,1-4H3,(H,20,21)/t13-,19-/m1/s1. The van der Waals surface area contributed by atoms with Crippen LogP contribution in [0.4, 0.5) is 10.8 Å². The maximum atomic E-state index is 12.2. The van der Waals surface area contributed by atoms with Gasteiger partial charge in [-0.25, -0.2) is 4.98 Å². The molecule has 0 spiro atoms. The van der Waals surface area contributed by atoms with Gasteiger partial charge in [0.2, 0.25) is 0 Å². The highest BCUT2D eigenvalue weighted by molar-refractivity contribution is 7.13. The monoisotopic (exact) mass is 360 g/mol. The molecule has 0 bridgehead atoms. The minimum Gasteiger partial charge on any atom is -0.495 e. The highest BCUT2D eigenvalue weighted by Gasteiger charge is 2.46. The van der Waals surface area contributed by atoms with Crippen molar-refractivity contribution in [2.45, 2.75) is 39.2 Å². The highest BCUT2D eigenvalue weighted by atomic mass is 32.1. The lowest BCUT2D eigenvalue weighted by Gasteiger charge is -2.20. The Morgan fingerprint density at radius 2 is 2.20 bits per heavy atom. The molecule has 1 fully saturated rings. The number of carbonyl (C=O) groups excluding carboxylic acids is 1. The predicted octanol–water partition coefficient (Wildman–Crippen LogP) is 4.72. The van der Waals surface area contributed by atoms with E-state index in [4.69, 9.17) is 9.47 Å². The molecule has 1 aromatic heterocycles. The van der Waals surface area contributed by atoms with Gasteiger partial charge in [-0.1, -0.05) is 26.0 Å². The number of rotatable bonds is 6. The molecule has 134 valence electrons. The molecule has 1 saturated heterocycles. The Bertz CT molecular complexity index is 759. The summed E-state index contributed by atoms with van der Waals surface area (Å²) in [4.78, 5) is 16.9. The summed E-state index contributed by atoms with van der Waals surface area (Å²) in [7, 11) is 1.64. The number of nitrogens with one attached hydrogen (secondary N) is 1. The maximum Gasteiger partial charge on any atom is 0.310 e. The number of esters is 1. The number of cyclic esters (lactones) is 1. The van der Waals surface area contributed by atoms with E-state index in [2.05, 4.69) is 24.1 Å². The fraction of sp³-hybridized carbons (Fsp3) is 0.474. The molecule has 0 aliphatic carbocycles. The molecule has 3 rings (SSSR count). The molecule has 0 saturated carbocycles. The van der Waals surface area contributed by atoms with Gasteiger partial charge in [-0.2, -0.15) is 0 Å². The fourth-order valence-corrected chi connectivity index (χ4v) is 4.09. The van der Waals surface area contributed by atoms with Crippen molar-refractivity contribution in [2.75, 3.05) is 12.4 Å². The zero-order valence-electron chi connectivity index (χ0n) is 15.0. The lowest BCUT2D eigenvalue weighted by atomic mass is 9.88. The number of para-hydroxylation sites is 2. The summed E-state index contributed by atoms with van der Waals surface area (Å²) in [5.41, 5.74) is 1.01. The summed E-state index contributed by atoms with van der Waals surface area (Å²) in [5, 5.41) is 6.00. The van der Waals surface area contributed by atoms with Crippen LogP contribution in [0.2, 0.25) is 0 Å². The van der Waals surface area contributed by atoms with Crippen molar-refractivity contribution in [3.05, 3.63) is 35.3 Å². The molecule has 1 aromatic carbocycles. The van der Waals surface area contributed by atoms with E-state index in [0.717, 1.165) is 28.7 Å². The van der Waals surface area contributed by atoms with Crippen LogP contribution < -0.4 is 10.1 Å². The van der Waals surface area contributed by atoms with Gasteiger partial charge in [-0.15, -0.1) is 11.3 Å². The summed E-state index contributed by atoms with van der Waals surface area (Å²) < 4.78 is 11.1. The largest absolute Gasteiger partial charge is 0.495 e. The number of methoxy groups -OCH3 is 1. The average Bonchev–Trinajstić information content (AvgIpc) is 3.13. The van der Waals surface area contributed by atoms with E-state index in [1.54, 1.807) is 7.11 Å². The molecule has 0 radical (unpaired) electrons. The van der Waals surface area contributed by atoms with E-state index in [9.17, 15) is 4.79 Å². The Labute approximate surface area is 152 Å². The maximum absolute atomic E-state index is 12.2.